The van der Waals surface area contributed by atoms with E-state index in [-0.39, 0.29) is 6.04 Å². The van der Waals surface area contributed by atoms with Crippen LogP contribution in [-0.4, -0.2) is 29.9 Å². The second-order valence-electron chi connectivity index (χ2n) is 6.96. The number of carbonyl (C=O) groups excluding carboxylic acids is 1. The van der Waals surface area contributed by atoms with Crippen LogP contribution in [0.1, 0.15) is 32.1 Å². The normalized spacial score (nSPS) is 48.3. The first-order chi connectivity index (χ1) is 8.20. The van der Waals surface area contributed by atoms with Crippen molar-refractivity contribution < 1.29 is 4.79 Å². The van der Waals surface area contributed by atoms with E-state index in [1.807, 2.05) is 4.90 Å². The van der Waals surface area contributed by atoms with Crippen LogP contribution in [0.25, 0.3) is 0 Å². The average molecular weight is 234 g/mol. The molecule has 4 saturated carbocycles. The molecule has 5 fully saturated rings. The minimum atomic E-state index is 0.246. The Hall–Kier alpha value is -0.570. The molecule has 0 atom stereocenters. The summed E-state index contributed by atoms with van der Waals surface area (Å²) in [5.41, 5.74) is 5.79. The van der Waals surface area contributed by atoms with Crippen molar-refractivity contribution in [3.63, 3.8) is 0 Å². The van der Waals surface area contributed by atoms with E-state index >= 15 is 0 Å². The van der Waals surface area contributed by atoms with Crippen molar-refractivity contribution in [3.05, 3.63) is 0 Å². The smallest absolute Gasteiger partial charge is 0.226 e. The predicted octanol–water partition coefficient (Wildman–Crippen LogP) is 1.23. The first kappa shape index (κ1) is 10.4. The lowest BCUT2D eigenvalue weighted by Crippen LogP contribution is -2.62. The fraction of sp³-hybridized carbons (Fsp3) is 0.929. The van der Waals surface area contributed by atoms with Crippen molar-refractivity contribution in [2.75, 3.05) is 13.1 Å². The number of rotatable bonds is 1. The Morgan fingerprint density at radius 1 is 0.941 bits per heavy atom. The highest BCUT2D eigenvalue weighted by molar-refractivity contribution is 5.80. The van der Waals surface area contributed by atoms with E-state index in [1.54, 1.807) is 0 Å². The quantitative estimate of drug-likeness (QED) is 0.741. The summed E-state index contributed by atoms with van der Waals surface area (Å²) in [5.74, 6) is 4.17. The fourth-order valence-corrected chi connectivity index (χ4v) is 5.23. The first-order valence-electron chi connectivity index (χ1n) is 7.25. The van der Waals surface area contributed by atoms with Gasteiger partial charge in [-0.05, 0) is 55.8 Å². The monoisotopic (exact) mass is 234 g/mol. The molecule has 17 heavy (non-hydrogen) atoms. The molecule has 94 valence electrons. The largest absolute Gasteiger partial charge is 0.339 e. The zero-order valence-electron chi connectivity index (χ0n) is 10.3. The zero-order chi connectivity index (χ0) is 11.6. The van der Waals surface area contributed by atoms with Crippen LogP contribution in [0.4, 0.5) is 0 Å². The highest BCUT2D eigenvalue weighted by Gasteiger charge is 2.52. The number of nitrogens with two attached hydrogens (primary N) is 1. The molecule has 0 aromatic carbocycles. The Bertz CT molecular complexity index is 320. The van der Waals surface area contributed by atoms with Gasteiger partial charge in [-0.1, -0.05) is 0 Å². The SMILES string of the molecule is NC1CN(C(=O)C2C3CC4CC(C3)CC2C4)C1. The molecule has 1 aliphatic heterocycles. The van der Waals surface area contributed by atoms with Gasteiger partial charge in [0.15, 0.2) is 0 Å². The second-order valence-corrected chi connectivity index (χ2v) is 6.96. The van der Waals surface area contributed by atoms with Gasteiger partial charge in [0.25, 0.3) is 0 Å². The molecule has 1 saturated heterocycles. The summed E-state index contributed by atoms with van der Waals surface area (Å²) in [5, 5.41) is 0. The van der Waals surface area contributed by atoms with Crippen molar-refractivity contribution in [1.29, 1.82) is 0 Å². The fourth-order valence-electron chi connectivity index (χ4n) is 5.23. The summed E-state index contributed by atoms with van der Waals surface area (Å²) in [6.45, 7) is 1.61. The average Bonchev–Trinajstić information content (AvgIpc) is 2.23. The number of likely N-dealkylation sites (tertiary alicyclic amines) is 1. The van der Waals surface area contributed by atoms with Gasteiger partial charge in [0.05, 0.1) is 0 Å². The summed E-state index contributed by atoms with van der Waals surface area (Å²) in [7, 11) is 0. The molecule has 0 spiro atoms. The van der Waals surface area contributed by atoms with Crippen LogP contribution in [0.15, 0.2) is 0 Å². The molecule has 0 radical (unpaired) electrons. The Morgan fingerprint density at radius 2 is 1.47 bits per heavy atom. The summed E-state index contributed by atoms with van der Waals surface area (Å²) in [4.78, 5) is 14.5. The van der Waals surface area contributed by atoms with Gasteiger partial charge in [-0.2, -0.15) is 0 Å². The number of amides is 1. The van der Waals surface area contributed by atoms with Crippen molar-refractivity contribution in [2.45, 2.75) is 38.1 Å². The molecule has 1 amide bonds. The van der Waals surface area contributed by atoms with Crippen molar-refractivity contribution in [3.8, 4) is 0 Å². The zero-order valence-corrected chi connectivity index (χ0v) is 10.3. The maximum atomic E-state index is 12.5. The Labute approximate surface area is 103 Å². The van der Waals surface area contributed by atoms with Crippen LogP contribution in [0.5, 0.6) is 0 Å². The summed E-state index contributed by atoms with van der Waals surface area (Å²) in [6, 6.07) is 0.246. The molecule has 4 aliphatic carbocycles. The predicted molar refractivity (Wildman–Crippen MR) is 65.1 cm³/mol. The van der Waals surface area contributed by atoms with Gasteiger partial charge in [-0.3, -0.25) is 4.79 Å². The lowest BCUT2D eigenvalue weighted by Gasteiger charge is -2.55. The third kappa shape index (κ3) is 1.48. The van der Waals surface area contributed by atoms with Crippen molar-refractivity contribution in [1.82, 2.24) is 4.90 Å². The second kappa shape index (κ2) is 3.47. The van der Waals surface area contributed by atoms with Crippen LogP contribution in [-0.2, 0) is 4.79 Å². The van der Waals surface area contributed by atoms with Crippen molar-refractivity contribution >= 4 is 5.91 Å². The van der Waals surface area contributed by atoms with Gasteiger partial charge < -0.3 is 10.6 Å². The number of hydrogen-bond donors (Lipinski definition) is 1. The van der Waals surface area contributed by atoms with Crippen LogP contribution < -0.4 is 5.73 Å². The van der Waals surface area contributed by atoms with Crippen LogP contribution in [0.2, 0.25) is 0 Å². The van der Waals surface area contributed by atoms with Crippen LogP contribution >= 0.6 is 0 Å². The minimum Gasteiger partial charge on any atom is -0.339 e. The maximum absolute atomic E-state index is 12.5. The highest BCUT2D eigenvalue weighted by Crippen LogP contribution is 2.56. The molecule has 0 aromatic heterocycles. The van der Waals surface area contributed by atoms with E-state index in [4.69, 9.17) is 5.73 Å². The maximum Gasteiger partial charge on any atom is 0.226 e. The molecule has 0 aromatic rings. The van der Waals surface area contributed by atoms with E-state index in [0.29, 0.717) is 11.8 Å². The van der Waals surface area contributed by atoms with Gasteiger partial charge in [0, 0.05) is 25.0 Å². The Morgan fingerprint density at radius 3 is 1.94 bits per heavy atom. The standard InChI is InChI=1S/C14H22N2O/c15-12-6-16(7-12)14(17)13-10-2-8-1-9(4-10)5-11(13)3-8/h8-13H,1-7,15H2. The molecule has 3 heteroatoms. The van der Waals surface area contributed by atoms with Crippen LogP contribution in [0.3, 0.4) is 0 Å². The number of hydrogen-bond acceptors (Lipinski definition) is 2. The summed E-state index contributed by atoms with van der Waals surface area (Å²) in [6.07, 6.45) is 6.81. The molecule has 3 nitrogen and oxygen atoms in total. The van der Waals surface area contributed by atoms with Gasteiger partial charge in [0.2, 0.25) is 5.91 Å². The van der Waals surface area contributed by atoms with E-state index in [2.05, 4.69) is 0 Å². The van der Waals surface area contributed by atoms with E-state index < -0.39 is 0 Å². The molecule has 0 unspecified atom stereocenters. The van der Waals surface area contributed by atoms with Gasteiger partial charge in [0.1, 0.15) is 0 Å². The third-order valence-electron chi connectivity index (χ3n) is 5.73. The van der Waals surface area contributed by atoms with Crippen LogP contribution in [0, 0.1) is 29.6 Å². The molecule has 2 N–H and O–H groups in total. The first-order valence-corrected chi connectivity index (χ1v) is 7.25. The summed E-state index contributed by atoms with van der Waals surface area (Å²) < 4.78 is 0. The van der Waals surface area contributed by atoms with Gasteiger partial charge in [-0.25, -0.2) is 0 Å². The third-order valence-corrected chi connectivity index (χ3v) is 5.73. The Kier molecular flexibility index (Phi) is 2.11. The molecule has 5 rings (SSSR count). The molecular formula is C14H22N2O. The van der Waals surface area contributed by atoms with E-state index in [9.17, 15) is 4.79 Å². The highest BCUT2D eigenvalue weighted by atomic mass is 16.2. The molecule has 5 aliphatic rings. The number of carbonyl (C=O) groups is 1. The topological polar surface area (TPSA) is 46.3 Å². The summed E-state index contributed by atoms with van der Waals surface area (Å²) >= 11 is 0. The van der Waals surface area contributed by atoms with Crippen molar-refractivity contribution in [2.24, 2.45) is 35.3 Å². The van der Waals surface area contributed by atoms with Gasteiger partial charge in [-0.15, -0.1) is 0 Å². The molecule has 4 bridgehead atoms. The lowest BCUT2D eigenvalue weighted by molar-refractivity contribution is -0.153. The lowest BCUT2D eigenvalue weighted by atomic mass is 9.51. The molecule has 1 heterocycles. The van der Waals surface area contributed by atoms with Gasteiger partial charge >= 0.3 is 0 Å². The molecular weight excluding hydrogens is 212 g/mol. The Balaban J connectivity index is 1.52. The minimum absolute atomic E-state index is 0.246. The van der Waals surface area contributed by atoms with E-state index in [1.165, 1.54) is 32.1 Å². The number of nitrogens with zero attached hydrogens (tertiary/aromatic N) is 1. The van der Waals surface area contributed by atoms with E-state index in [0.717, 1.165) is 36.8 Å².